The van der Waals surface area contributed by atoms with Gasteiger partial charge < -0.3 is 25.2 Å². The second kappa shape index (κ2) is 9.12. The van der Waals surface area contributed by atoms with E-state index in [1.54, 1.807) is 18.3 Å². The SMILES string of the molecule is Cc1ccc([C@@H]2O[C@H](CO)[C@@H](O)[C@H](O)[C@H]2O)cc1Cc1ccc(-c2ncccc2F)s1. The Morgan fingerprint density at radius 3 is 2.61 bits per heavy atom. The first-order chi connectivity index (χ1) is 14.9. The highest BCUT2D eigenvalue weighted by atomic mass is 32.1. The highest BCUT2D eigenvalue weighted by Gasteiger charge is 2.43. The van der Waals surface area contributed by atoms with Gasteiger partial charge in [0.25, 0.3) is 0 Å². The quantitative estimate of drug-likeness (QED) is 0.481. The summed E-state index contributed by atoms with van der Waals surface area (Å²) in [6.07, 6.45) is -3.82. The summed E-state index contributed by atoms with van der Waals surface area (Å²) in [7, 11) is 0. The lowest BCUT2D eigenvalue weighted by Gasteiger charge is -2.40. The molecular formula is C23H24FNO5S. The highest BCUT2D eigenvalue weighted by molar-refractivity contribution is 7.15. The molecule has 0 aliphatic carbocycles. The van der Waals surface area contributed by atoms with Crippen molar-refractivity contribution in [3.63, 3.8) is 0 Å². The molecule has 1 aliphatic heterocycles. The van der Waals surface area contributed by atoms with Crippen LogP contribution in [0.4, 0.5) is 4.39 Å². The minimum atomic E-state index is -1.42. The predicted molar refractivity (Wildman–Crippen MR) is 114 cm³/mol. The van der Waals surface area contributed by atoms with Gasteiger partial charge in [-0.1, -0.05) is 18.2 Å². The third-order valence-corrected chi connectivity index (χ3v) is 6.70. The lowest BCUT2D eigenvalue weighted by atomic mass is 9.89. The van der Waals surface area contributed by atoms with Crippen LogP contribution in [0, 0.1) is 12.7 Å². The van der Waals surface area contributed by atoms with Gasteiger partial charge >= 0.3 is 0 Å². The van der Waals surface area contributed by atoms with E-state index in [9.17, 15) is 24.8 Å². The second-order valence-corrected chi connectivity index (χ2v) is 8.88. The normalized spacial score (nSPS) is 26.2. The van der Waals surface area contributed by atoms with Crippen LogP contribution in [0.3, 0.4) is 0 Å². The topological polar surface area (TPSA) is 103 Å². The summed E-state index contributed by atoms with van der Waals surface area (Å²) in [5, 5.41) is 40.0. The van der Waals surface area contributed by atoms with Gasteiger partial charge in [0.15, 0.2) is 0 Å². The lowest BCUT2D eigenvalue weighted by molar-refractivity contribution is -0.231. The van der Waals surface area contributed by atoms with Gasteiger partial charge in [-0.05, 0) is 47.9 Å². The van der Waals surface area contributed by atoms with Gasteiger partial charge in [0.1, 0.15) is 42.0 Å². The van der Waals surface area contributed by atoms with Crippen LogP contribution in [0.25, 0.3) is 10.6 Å². The van der Waals surface area contributed by atoms with Crippen LogP contribution in [0.1, 0.15) is 27.7 Å². The maximum Gasteiger partial charge on any atom is 0.150 e. The molecule has 0 radical (unpaired) electrons. The van der Waals surface area contributed by atoms with Gasteiger partial charge in [0.2, 0.25) is 0 Å². The number of thiophene rings is 1. The van der Waals surface area contributed by atoms with Crippen LogP contribution in [0.5, 0.6) is 0 Å². The van der Waals surface area contributed by atoms with E-state index < -0.39 is 37.1 Å². The summed E-state index contributed by atoms with van der Waals surface area (Å²) < 4.78 is 19.7. The molecule has 0 bridgehead atoms. The Morgan fingerprint density at radius 2 is 1.87 bits per heavy atom. The molecule has 5 atom stereocenters. The second-order valence-electron chi connectivity index (χ2n) is 7.71. The fourth-order valence-corrected chi connectivity index (χ4v) is 4.82. The third-order valence-electron chi connectivity index (χ3n) is 5.61. The zero-order valence-electron chi connectivity index (χ0n) is 16.9. The summed E-state index contributed by atoms with van der Waals surface area (Å²) in [5.41, 5.74) is 2.99. The molecule has 164 valence electrons. The zero-order chi connectivity index (χ0) is 22.1. The van der Waals surface area contributed by atoms with Crippen molar-refractivity contribution in [3.8, 4) is 10.6 Å². The van der Waals surface area contributed by atoms with Crippen molar-refractivity contribution in [2.75, 3.05) is 6.61 Å². The molecule has 3 aromatic rings. The van der Waals surface area contributed by atoms with Crippen LogP contribution < -0.4 is 0 Å². The molecular weight excluding hydrogens is 421 g/mol. The van der Waals surface area contributed by atoms with Gasteiger partial charge in [-0.25, -0.2) is 4.39 Å². The van der Waals surface area contributed by atoms with Gasteiger partial charge in [-0.3, -0.25) is 4.98 Å². The minimum Gasteiger partial charge on any atom is -0.394 e. The Bertz CT molecular complexity index is 1060. The summed E-state index contributed by atoms with van der Waals surface area (Å²) in [5.74, 6) is -0.364. The van der Waals surface area contributed by atoms with E-state index >= 15 is 0 Å². The molecule has 0 saturated carbocycles. The molecule has 0 spiro atoms. The van der Waals surface area contributed by atoms with Crippen LogP contribution in [-0.4, -0.2) is 56.4 Å². The predicted octanol–water partition coefficient (Wildman–Crippen LogP) is 2.36. The number of hydrogen-bond donors (Lipinski definition) is 4. The zero-order valence-corrected chi connectivity index (χ0v) is 17.7. The summed E-state index contributed by atoms with van der Waals surface area (Å²) in [6, 6.07) is 12.3. The number of halogens is 1. The van der Waals surface area contributed by atoms with Gasteiger partial charge in [-0.15, -0.1) is 11.3 Å². The average molecular weight is 446 g/mol. The Labute approximate surface area is 183 Å². The van der Waals surface area contributed by atoms with Crippen molar-refractivity contribution < 1.29 is 29.6 Å². The van der Waals surface area contributed by atoms with Crippen molar-refractivity contribution >= 4 is 11.3 Å². The number of benzene rings is 1. The molecule has 31 heavy (non-hydrogen) atoms. The summed E-state index contributed by atoms with van der Waals surface area (Å²) in [6.45, 7) is 1.50. The number of nitrogens with zero attached hydrogens (tertiary/aromatic N) is 1. The van der Waals surface area contributed by atoms with Crippen molar-refractivity contribution in [1.82, 2.24) is 4.98 Å². The molecule has 4 rings (SSSR count). The monoisotopic (exact) mass is 445 g/mol. The molecule has 1 aliphatic rings. The fraction of sp³-hybridized carbons (Fsp3) is 0.348. The van der Waals surface area contributed by atoms with E-state index in [2.05, 4.69) is 4.98 Å². The molecule has 8 heteroatoms. The third kappa shape index (κ3) is 4.41. The molecule has 1 aromatic carbocycles. The maximum atomic E-state index is 14.0. The molecule has 6 nitrogen and oxygen atoms in total. The standard InChI is InChI=1S/C23H24FNO5S/c1-12-4-5-13(23-22(29)21(28)20(27)17(11-26)30-23)9-14(12)10-15-6-7-18(31-15)19-16(24)3-2-8-25-19/h2-9,17,20-23,26-29H,10-11H2,1H3/t17-,20-,21+,22-,23+/m1/s1. The van der Waals surface area contributed by atoms with E-state index in [1.807, 2.05) is 31.2 Å². The van der Waals surface area contributed by atoms with E-state index in [0.29, 0.717) is 17.7 Å². The number of hydrogen-bond acceptors (Lipinski definition) is 7. The average Bonchev–Trinajstić information content (AvgIpc) is 3.23. The lowest BCUT2D eigenvalue weighted by Crippen LogP contribution is -2.55. The number of aliphatic hydroxyl groups is 4. The Balaban J connectivity index is 1.59. The van der Waals surface area contributed by atoms with Crippen LogP contribution in [0.2, 0.25) is 0 Å². The molecule has 2 aromatic heterocycles. The first-order valence-electron chi connectivity index (χ1n) is 9.98. The fourth-order valence-electron chi connectivity index (χ4n) is 3.79. The van der Waals surface area contributed by atoms with E-state index in [0.717, 1.165) is 20.9 Å². The van der Waals surface area contributed by atoms with Crippen molar-refractivity contribution in [2.45, 2.75) is 43.9 Å². The number of aryl methyl sites for hydroxylation is 1. The van der Waals surface area contributed by atoms with Crippen LogP contribution in [-0.2, 0) is 11.2 Å². The van der Waals surface area contributed by atoms with E-state index in [4.69, 9.17) is 4.74 Å². The molecule has 1 fully saturated rings. The first-order valence-corrected chi connectivity index (χ1v) is 10.8. The molecule has 4 N–H and O–H groups in total. The first kappa shape index (κ1) is 22.0. The van der Waals surface area contributed by atoms with Gasteiger partial charge in [0.05, 0.1) is 11.5 Å². The maximum absolute atomic E-state index is 14.0. The smallest absolute Gasteiger partial charge is 0.150 e. The number of ether oxygens (including phenoxy) is 1. The van der Waals surface area contributed by atoms with Crippen LogP contribution >= 0.6 is 11.3 Å². The van der Waals surface area contributed by atoms with Crippen LogP contribution in [0.15, 0.2) is 48.7 Å². The summed E-state index contributed by atoms with van der Waals surface area (Å²) >= 11 is 1.46. The largest absolute Gasteiger partial charge is 0.394 e. The number of aromatic nitrogens is 1. The molecule has 0 amide bonds. The summed E-state index contributed by atoms with van der Waals surface area (Å²) in [4.78, 5) is 5.89. The minimum absolute atomic E-state index is 0.325. The van der Waals surface area contributed by atoms with Crippen molar-refractivity contribution in [1.29, 1.82) is 0 Å². The van der Waals surface area contributed by atoms with E-state index in [-0.39, 0.29) is 5.82 Å². The number of aliphatic hydroxyl groups excluding tert-OH is 4. The van der Waals surface area contributed by atoms with Crippen molar-refractivity contribution in [2.24, 2.45) is 0 Å². The van der Waals surface area contributed by atoms with E-state index in [1.165, 1.54) is 17.4 Å². The molecule has 3 heterocycles. The molecule has 1 saturated heterocycles. The van der Waals surface area contributed by atoms with Gasteiger partial charge in [0, 0.05) is 17.5 Å². The Kier molecular flexibility index (Phi) is 6.47. The highest BCUT2D eigenvalue weighted by Crippen LogP contribution is 2.35. The Morgan fingerprint density at radius 1 is 1.06 bits per heavy atom. The van der Waals surface area contributed by atoms with Crippen molar-refractivity contribution in [3.05, 3.63) is 76.0 Å². The number of rotatable bonds is 5. The Hall–Kier alpha value is -2.20. The number of pyridine rings is 1. The molecule has 0 unspecified atom stereocenters. The van der Waals surface area contributed by atoms with Gasteiger partial charge in [-0.2, -0.15) is 0 Å².